The van der Waals surface area contributed by atoms with E-state index >= 15 is 0 Å². The molecule has 0 aliphatic carbocycles. The van der Waals surface area contributed by atoms with Crippen molar-refractivity contribution in [3.63, 3.8) is 0 Å². The highest BCUT2D eigenvalue weighted by molar-refractivity contribution is 5.42. The van der Waals surface area contributed by atoms with E-state index in [1.54, 1.807) is 0 Å². The molecule has 0 unspecified atom stereocenters. The Morgan fingerprint density at radius 2 is 1.11 bits per heavy atom. The van der Waals surface area contributed by atoms with Gasteiger partial charge in [-0.2, -0.15) is 0 Å². The summed E-state index contributed by atoms with van der Waals surface area (Å²) in [5.41, 5.74) is 13.9. The van der Waals surface area contributed by atoms with Crippen LogP contribution in [0.4, 0.5) is 0 Å². The van der Waals surface area contributed by atoms with Crippen LogP contribution in [0, 0.1) is 27.7 Å². The smallest absolute Gasteiger partial charge is 0.0556 e. The molecular weight excluding hydrogens is 218 g/mol. The lowest BCUT2D eigenvalue weighted by Gasteiger charge is -2.18. The average molecular weight is 239 g/mol. The summed E-state index contributed by atoms with van der Waals surface area (Å²) in [6, 6.07) is 12.9. The summed E-state index contributed by atoms with van der Waals surface area (Å²) in [6.45, 7) is 8.48. The Morgan fingerprint density at radius 1 is 0.722 bits per heavy atom. The summed E-state index contributed by atoms with van der Waals surface area (Å²) >= 11 is 0. The van der Waals surface area contributed by atoms with Crippen LogP contribution in [0.15, 0.2) is 36.4 Å². The van der Waals surface area contributed by atoms with Gasteiger partial charge in [-0.3, -0.25) is 0 Å². The summed E-state index contributed by atoms with van der Waals surface area (Å²) in [6.07, 6.45) is 0. The van der Waals surface area contributed by atoms with E-state index in [9.17, 15) is 0 Å². The molecule has 0 radical (unpaired) electrons. The molecule has 0 spiro atoms. The van der Waals surface area contributed by atoms with Gasteiger partial charge in [0.15, 0.2) is 0 Å². The molecule has 2 aromatic rings. The zero-order valence-corrected chi connectivity index (χ0v) is 11.6. The lowest BCUT2D eigenvalue weighted by molar-refractivity contribution is 0.850. The summed E-state index contributed by atoms with van der Waals surface area (Å²) < 4.78 is 0. The first-order valence-corrected chi connectivity index (χ1v) is 6.39. The topological polar surface area (TPSA) is 26.0 Å². The van der Waals surface area contributed by atoms with Gasteiger partial charge in [0.2, 0.25) is 0 Å². The molecule has 94 valence electrons. The minimum Gasteiger partial charge on any atom is -0.320 e. The van der Waals surface area contributed by atoms with Gasteiger partial charge in [-0.15, -0.1) is 0 Å². The van der Waals surface area contributed by atoms with E-state index in [0.717, 1.165) is 0 Å². The van der Waals surface area contributed by atoms with Gasteiger partial charge in [0.05, 0.1) is 6.04 Å². The minimum atomic E-state index is -0.0359. The molecule has 1 heteroatoms. The van der Waals surface area contributed by atoms with E-state index < -0.39 is 0 Å². The normalized spacial score (nSPS) is 11.0. The van der Waals surface area contributed by atoms with Crippen molar-refractivity contribution in [3.8, 4) is 0 Å². The van der Waals surface area contributed by atoms with Crippen LogP contribution in [0.3, 0.4) is 0 Å². The summed E-state index contributed by atoms with van der Waals surface area (Å²) in [7, 11) is 0. The third-order valence-corrected chi connectivity index (χ3v) is 3.52. The molecule has 0 atom stereocenters. The maximum atomic E-state index is 6.42. The van der Waals surface area contributed by atoms with Crippen LogP contribution in [0.25, 0.3) is 0 Å². The number of benzene rings is 2. The molecule has 0 aliphatic rings. The predicted molar refractivity (Wildman–Crippen MR) is 77.9 cm³/mol. The van der Waals surface area contributed by atoms with Gasteiger partial charge < -0.3 is 5.73 Å². The molecule has 0 heterocycles. The average Bonchev–Trinajstić information content (AvgIpc) is 2.28. The van der Waals surface area contributed by atoms with Gasteiger partial charge in [0.1, 0.15) is 0 Å². The molecule has 18 heavy (non-hydrogen) atoms. The van der Waals surface area contributed by atoms with Crippen LogP contribution in [-0.4, -0.2) is 0 Å². The molecule has 0 saturated heterocycles. The predicted octanol–water partition coefficient (Wildman–Crippen LogP) is 3.97. The maximum absolute atomic E-state index is 6.42. The van der Waals surface area contributed by atoms with Crippen molar-refractivity contribution in [2.75, 3.05) is 0 Å². The zero-order chi connectivity index (χ0) is 13.3. The van der Waals surface area contributed by atoms with E-state index in [1.165, 1.54) is 33.4 Å². The van der Waals surface area contributed by atoms with Gasteiger partial charge in [0, 0.05) is 0 Å². The second-order valence-electron chi connectivity index (χ2n) is 5.20. The SMILES string of the molecule is Cc1ccc(C(N)c2ccc(C)cc2C)c(C)c1. The van der Waals surface area contributed by atoms with Crippen molar-refractivity contribution < 1.29 is 0 Å². The minimum absolute atomic E-state index is 0.0359. The molecule has 0 aliphatic heterocycles. The molecule has 0 fully saturated rings. The van der Waals surface area contributed by atoms with Crippen LogP contribution in [0.2, 0.25) is 0 Å². The molecule has 0 amide bonds. The fourth-order valence-electron chi connectivity index (χ4n) is 2.52. The highest BCUT2D eigenvalue weighted by atomic mass is 14.6. The molecule has 1 nitrogen and oxygen atoms in total. The molecule has 0 bridgehead atoms. The summed E-state index contributed by atoms with van der Waals surface area (Å²) in [4.78, 5) is 0. The second-order valence-corrected chi connectivity index (χ2v) is 5.20. The Bertz CT molecular complexity index is 518. The molecule has 2 aromatic carbocycles. The van der Waals surface area contributed by atoms with Crippen LogP contribution >= 0.6 is 0 Å². The fraction of sp³-hybridized carbons (Fsp3) is 0.294. The van der Waals surface area contributed by atoms with Gasteiger partial charge in [0.25, 0.3) is 0 Å². The number of rotatable bonds is 2. The Morgan fingerprint density at radius 3 is 1.44 bits per heavy atom. The van der Waals surface area contributed by atoms with E-state index in [4.69, 9.17) is 5.73 Å². The first kappa shape index (κ1) is 12.8. The monoisotopic (exact) mass is 239 g/mol. The third-order valence-electron chi connectivity index (χ3n) is 3.52. The second kappa shape index (κ2) is 4.95. The zero-order valence-electron chi connectivity index (χ0n) is 11.6. The van der Waals surface area contributed by atoms with E-state index in [-0.39, 0.29) is 6.04 Å². The highest BCUT2D eigenvalue weighted by Crippen LogP contribution is 2.26. The molecule has 2 rings (SSSR count). The quantitative estimate of drug-likeness (QED) is 0.843. The number of nitrogens with two attached hydrogens (primary N) is 1. The largest absolute Gasteiger partial charge is 0.320 e. The maximum Gasteiger partial charge on any atom is 0.0556 e. The van der Waals surface area contributed by atoms with Crippen molar-refractivity contribution in [2.45, 2.75) is 33.7 Å². The lowest BCUT2D eigenvalue weighted by atomic mass is 9.91. The molecule has 0 aromatic heterocycles. The Labute approximate surface area is 110 Å². The highest BCUT2D eigenvalue weighted by Gasteiger charge is 2.13. The number of hydrogen-bond acceptors (Lipinski definition) is 1. The van der Waals surface area contributed by atoms with Crippen molar-refractivity contribution in [1.82, 2.24) is 0 Å². The van der Waals surface area contributed by atoms with Crippen LogP contribution in [0.5, 0.6) is 0 Å². The summed E-state index contributed by atoms with van der Waals surface area (Å²) in [5, 5.41) is 0. The standard InChI is InChI=1S/C17H21N/c1-11-5-7-15(13(3)9-11)17(18)16-8-6-12(2)10-14(16)4/h5-10,17H,18H2,1-4H3. The van der Waals surface area contributed by atoms with Crippen LogP contribution < -0.4 is 5.73 Å². The first-order chi connectivity index (χ1) is 8.49. The Hall–Kier alpha value is -1.60. The fourth-order valence-corrected chi connectivity index (χ4v) is 2.52. The van der Waals surface area contributed by atoms with Gasteiger partial charge in [-0.25, -0.2) is 0 Å². The Balaban J connectivity index is 2.44. The van der Waals surface area contributed by atoms with Crippen LogP contribution in [-0.2, 0) is 0 Å². The van der Waals surface area contributed by atoms with Gasteiger partial charge in [-0.05, 0) is 49.9 Å². The lowest BCUT2D eigenvalue weighted by Crippen LogP contribution is -2.14. The van der Waals surface area contributed by atoms with Crippen molar-refractivity contribution >= 4 is 0 Å². The number of aryl methyl sites for hydroxylation is 4. The van der Waals surface area contributed by atoms with Crippen molar-refractivity contribution in [3.05, 3.63) is 69.8 Å². The molecule has 0 saturated carbocycles. The van der Waals surface area contributed by atoms with Gasteiger partial charge >= 0.3 is 0 Å². The van der Waals surface area contributed by atoms with Crippen molar-refractivity contribution in [2.24, 2.45) is 5.73 Å². The summed E-state index contributed by atoms with van der Waals surface area (Å²) in [5.74, 6) is 0. The number of hydrogen-bond donors (Lipinski definition) is 1. The molecule has 2 N–H and O–H groups in total. The van der Waals surface area contributed by atoms with E-state index in [2.05, 4.69) is 64.1 Å². The van der Waals surface area contributed by atoms with Crippen LogP contribution in [0.1, 0.15) is 39.4 Å². The van der Waals surface area contributed by atoms with Gasteiger partial charge in [-0.1, -0.05) is 47.5 Å². The third kappa shape index (κ3) is 2.46. The van der Waals surface area contributed by atoms with E-state index in [1.807, 2.05) is 0 Å². The van der Waals surface area contributed by atoms with E-state index in [0.29, 0.717) is 0 Å². The first-order valence-electron chi connectivity index (χ1n) is 6.39. The molecular formula is C17H21N. The van der Waals surface area contributed by atoms with Crippen molar-refractivity contribution in [1.29, 1.82) is 0 Å². The Kier molecular flexibility index (Phi) is 3.53.